The third-order valence-electron chi connectivity index (χ3n) is 3.86. The van der Waals surface area contributed by atoms with Gasteiger partial charge in [0.2, 0.25) is 0 Å². The molecule has 96 valence electrons. The lowest BCUT2D eigenvalue weighted by Gasteiger charge is -2.31. The van der Waals surface area contributed by atoms with E-state index in [1.807, 2.05) is 11.3 Å². The van der Waals surface area contributed by atoms with Crippen molar-refractivity contribution in [3.63, 3.8) is 0 Å². The highest BCUT2D eigenvalue weighted by Crippen LogP contribution is 2.32. The smallest absolute Gasteiger partial charge is 0.186 e. The zero-order valence-corrected chi connectivity index (χ0v) is 11.7. The summed E-state index contributed by atoms with van der Waals surface area (Å²) in [5.74, 6) is 0.945. The number of para-hydroxylation sites is 1. The molecule has 1 aliphatic heterocycles. The van der Waals surface area contributed by atoms with Crippen LogP contribution in [0, 0.1) is 5.92 Å². The van der Waals surface area contributed by atoms with Gasteiger partial charge in [0.25, 0.3) is 0 Å². The van der Waals surface area contributed by atoms with Gasteiger partial charge in [-0.3, -0.25) is 0 Å². The average Bonchev–Trinajstić information content (AvgIpc) is 2.84. The molecule has 0 amide bonds. The van der Waals surface area contributed by atoms with E-state index < -0.39 is 0 Å². The lowest BCUT2D eigenvalue weighted by atomic mass is 9.93. The topological polar surface area (TPSA) is 16.1 Å². The first kappa shape index (κ1) is 12.0. The number of aromatic nitrogens is 1. The average molecular weight is 260 g/mol. The molecule has 0 N–H and O–H groups in total. The van der Waals surface area contributed by atoms with Gasteiger partial charge in [-0.05, 0) is 30.9 Å². The van der Waals surface area contributed by atoms with Gasteiger partial charge in [0.05, 0.1) is 10.2 Å². The van der Waals surface area contributed by atoms with Crippen LogP contribution in [0.5, 0.6) is 0 Å². The van der Waals surface area contributed by atoms with Crippen molar-refractivity contribution in [1.82, 2.24) is 4.98 Å². The Morgan fingerprint density at radius 1 is 1.28 bits per heavy atom. The quantitative estimate of drug-likeness (QED) is 0.817. The molecule has 0 aliphatic carbocycles. The predicted octanol–water partition coefficient (Wildman–Crippen LogP) is 4.31. The van der Waals surface area contributed by atoms with Crippen LogP contribution in [-0.2, 0) is 0 Å². The molecule has 1 aliphatic rings. The Morgan fingerprint density at radius 2 is 2.06 bits per heavy atom. The predicted molar refractivity (Wildman–Crippen MR) is 79.5 cm³/mol. The van der Waals surface area contributed by atoms with Crippen molar-refractivity contribution in [3.05, 3.63) is 24.3 Å². The fourth-order valence-electron chi connectivity index (χ4n) is 2.82. The Hall–Kier alpha value is -1.09. The summed E-state index contributed by atoms with van der Waals surface area (Å²) in [5, 5.41) is 1.21. The molecular weight excluding hydrogens is 240 g/mol. The van der Waals surface area contributed by atoms with Gasteiger partial charge in [0.1, 0.15) is 0 Å². The van der Waals surface area contributed by atoms with Crippen LogP contribution in [-0.4, -0.2) is 18.1 Å². The lowest BCUT2D eigenvalue weighted by molar-refractivity contribution is 0.378. The second kappa shape index (κ2) is 5.27. The molecule has 18 heavy (non-hydrogen) atoms. The van der Waals surface area contributed by atoms with Gasteiger partial charge >= 0.3 is 0 Å². The van der Waals surface area contributed by atoms with Crippen molar-refractivity contribution in [3.8, 4) is 0 Å². The highest BCUT2D eigenvalue weighted by atomic mass is 32.1. The minimum absolute atomic E-state index is 0.945. The number of fused-ring (bicyclic) bond motifs is 1. The van der Waals surface area contributed by atoms with Crippen molar-refractivity contribution in [2.75, 3.05) is 18.0 Å². The van der Waals surface area contributed by atoms with Gasteiger partial charge in [0.15, 0.2) is 5.13 Å². The SMILES string of the molecule is CCCC1CCN(c2nc3ccccc3s2)CC1. The van der Waals surface area contributed by atoms with Gasteiger partial charge in [-0.2, -0.15) is 0 Å². The van der Waals surface area contributed by atoms with E-state index in [2.05, 4.69) is 36.1 Å². The van der Waals surface area contributed by atoms with Gasteiger partial charge in [-0.1, -0.05) is 43.2 Å². The van der Waals surface area contributed by atoms with E-state index in [1.54, 1.807) is 0 Å². The van der Waals surface area contributed by atoms with Crippen LogP contribution >= 0.6 is 11.3 Å². The number of anilines is 1. The summed E-state index contributed by atoms with van der Waals surface area (Å²) in [6.45, 7) is 4.66. The number of thiazole rings is 1. The summed E-state index contributed by atoms with van der Waals surface area (Å²) in [5.41, 5.74) is 1.15. The van der Waals surface area contributed by atoms with Crippen molar-refractivity contribution in [2.24, 2.45) is 5.92 Å². The van der Waals surface area contributed by atoms with E-state index in [0.29, 0.717) is 0 Å². The molecule has 1 aromatic carbocycles. The maximum Gasteiger partial charge on any atom is 0.186 e. The van der Waals surface area contributed by atoms with Crippen LogP contribution in [0.3, 0.4) is 0 Å². The van der Waals surface area contributed by atoms with Crippen LogP contribution < -0.4 is 4.90 Å². The maximum atomic E-state index is 4.75. The maximum absolute atomic E-state index is 4.75. The van der Waals surface area contributed by atoms with Crippen molar-refractivity contribution < 1.29 is 0 Å². The van der Waals surface area contributed by atoms with E-state index in [1.165, 1.54) is 48.6 Å². The summed E-state index contributed by atoms with van der Waals surface area (Å²) >= 11 is 1.83. The van der Waals surface area contributed by atoms with E-state index in [0.717, 1.165) is 11.4 Å². The second-order valence-corrected chi connectivity index (χ2v) is 6.19. The lowest BCUT2D eigenvalue weighted by Crippen LogP contribution is -2.33. The molecule has 2 nitrogen and oxygen atoms in total. The molecule has 0 unspecified atom stereocenters. The zero-order valence-electron chi connectivity index (χ0n) is 10.9. The highest BCUT2D eigenvalue weighted by molar-refractivity contribution is 7.22. The molecule has 2 heterocycles. The van der Waals surface area contributed by atoms with Crippen molar-refractivity contribution in [1.29, 1.82) is 0 Å². The third-order valence-corrected chi connectivity index (χ3v) is 4.96. The number of piperidine rings is 1. The fraction of sp³-hybridized carbons (Fsp3) is 0.533. The number of hydrogen-bond donors (Lipinski definition) is 0. The Labute approximate surface area is 113 Å². The van der Waals surface area contributed by atoms with Crippen LogP contribution in [0.15, 0.2) is 24.3 Å². The van der Waals surface area contributed by atoms with E-state index in [-0.39, 0.29) is 0 Å². The van der Waals surface area contributed by atoms with Gasteiger partial charge < -0.3 is 4.90 Å². The minimum atomic E-state index is 0.945. The van der Waals surface area contributed by atoms with E-state index >= 15 is 0 Å². The zero-order chi connectivity index (χ0) is 12.4. The molecule has 2 aromatic rings. The van der Waals surface area contributed by atoms with Gasteiger partial charge in [0, 0.05) is 13.1 Å². The standard InChI is InChI=1S/C15H20N2S/c1-2-5-12-8-10-17(11-9-12)15-16-13-6-3-4-7-14(13)18-15/h3-4,6-7,12H,2,5,8-11H2,1H3. The van der Waals surface area contributed by atoms with E-state index in [4.69, 9.17) is 4.98 Å². The molecule has 3 heteroatoms. The van der Waals surface area contributed by atoms with Crippen LogP contribution in [0.4, 0.5) is 5.13 Å². The Kier molecular flexibility index (Phi) is 3.50. The fourth-order valence-corrected chi connectivity index (χ4v) is 3.83. The summed E-state index contributed by atoms with van der Waals surface area (Å²) in [6, 6.07) is 8.44. The minimum Gasteiger partial charge on any atom is -0.348 e. The normalized spacial score (nSPS) is 17.5. The molecule has 1 aromatic heterocycles. The third kappa shape index (κ3) is 2.37. The van der Waals surface area contributed by atoms with Crippen LogP contribution in [0.1, 0.15) is 32.6 Å². The molecule has 0 radical (unpaired) electrons. The first-order valence-electron chi connectivity index (χ1n) is 6.97. The number of rotatable bonds is 3. The van der Waals surface area contributed by atoms with Crippen molar-refractivity contribution >= 4 is 26.7 Å². The molecular formula is C15H20N2S. The molecule has 0 atom stereocenters. The first-order chi connectivity index (χ1) is 8.86. The molecule has 1 saturated heterocycles. The largest absolute Gasteiger partial charge is 0.348 e. The van der Waals surface area contributed by atoms with E-state index in [9.17, 15) is 0 Å². The van der Waals surface area contributed by atoms with Crippen LogP contribution in [0.2, 0.25) is 0 Å². The Balaban J connectivity index is 1.72. The second-order valence-electron chi connectivity index (χ2n) is 5.18. The van der Waals surface area contributed by atoms with Crippen LogP contribution in [0.25, 0.3) is 10.2 Å². The molecule has 1 fully saturated rings. The molecule has 3 rings (SSSR count). The Bertz CT molecular complexity index is 479. The first-order valence-corrected chi connectivity index (χ1v) is 7.79. The monoisotopic (exact) mass is 260 g/mol. The summed E-state index contributed by atoms with van der Waals surface area (Å²) in [7, 11) is 0. The molecule has 0 bridgehead atoms. The van der Waals surface area contributed by atoms with Gasteiger partial charge in [-0.15, -0.1) is 0 Å². The highest BCUT2D eigenvalue weighted by Gasteiger charge is 2.20. The summed E-state index contributed by atoms with van der Waals surface area (Å²) in [4.78, 5) is 7.22. The number of hydrogen-bond acceptors (Lipinski definition) is 3. The Morgan fingerprint density at radius 3 is 2.78 bits per heavy atom. The van der Waals surface area contributed by atoms with Gasteiger partial charge in [-0.25, -0.2) is 4.98 Å². The summed E-state index contributed by atoms with van der Waals surface area (Å²) < 4.78 is 1.31. The van der Waals surface area contributed by atoms with Crippen molar-refractivity contribution in [2.45, 2.75) is 32.6 Å². The number of benzene rings is 1. The number of nitrogens with zero attached hydrogens (tertiary/aromatic N) is 2. The molecule has 0 spiro atoms. The summed E-state index contributed by atoms with van der Waals surface area (Å²) in [6.07, 6.45) is 5.40. The molecule has 0 saturated carbocycles.